The molecule has 1 atom stereocenters. The largest absolute Gasteiger partial charge is 0.392 e. The van der Waals surface area contributed by atoms with Crippen LogP contribution in [0.2, 0.25) is 0 Å². The molecule has 0 saturated heterocycles. The molecule has 2 heterocycles. The van der Waals surface area contributed by atoms with Crippen molar-refractivity contribution in [2.75, 3.05) is 30.0 Å². The number of aliphatic hydroxyl groups excluding tert-OH is 1. The van der Waals surface area contributed by atoms with Crippen LogP contribution in [-0.4, -0.2) is 50.6 Å². The molecule has 1 amide bonds. The van der Waals surface area contributed by atoms with E-state index in [1.807, 2.05) is 6.26 Å². The molecule has 0 saturated carbocycles. The predicted octanol–water partition coefficient (Wildman–Crippen LogP) is 0.914. The third kappa shape index (κ3) is 3.46. The highest BCUT2D eigenvalue weighted by Gasteiger charge is 2.32. The average Bonchev–Trinajstić information content (AvgIpc) is 3.00. The number of thioether (sulfide) groups is 1. The van der Waals surface area contributed by atoms with Crippen LogP contribution in [-0.2, 0) is 27.7 Å². The summed E-state index contributed by atoms with van der Waals surface area (Å²) in [6.07, 6.45) is 3.51. The van der Waals surface area contributed by atoms with Gasteiger partial charge in [-0.25, -0.2) is 13.1 Å². The Morgan fingerprint density at radius 1 is 1.29 bits per heavy atom. The lowest BCUT2D eigenvalue weighted by Gasteiger charge is -2.25. The Hall–Kier alpha value is -1.09. The molecule has 1 aromatic carbocycles. The number of anilines is 1. The van der Waals surface area contributed by atoms with E-state index in [1.54, 1.807) is 28.8 Å². The van der Waals surface area contributed by atoms with E-state index in [1.165, 1.54) is 0 Å². The zero-order valence-electron chi connectivity index (χ0n) is 13.6. The van der Waals surface area contributed by atoms with Crippen molar-refractivity contribution in [2.45, 2.75) is 36.7 Å². The molecule has 0 fully saturated rings. The van der Waals surface area contributed by atoms with E-state index in [0.29, 0.717) is 32.2 Å². The molecule has 2 aliphatic rings. The number of aliphatic hydroxyl groups is 1. The highest BCUT2D eigenvalue weighted by molar-refractivity contribution is 7.98. The predicted molar refractivity (Wildman–Crippen MR) is 95.0 cm³/mol. The molecule has 6 nitrogen and oxygen atoms in total. The van der Waals surface area contributed by atoms with Crippen LogP contribution in [0.4, 0.5) is 5.69 Å². The molecule has 0 aromatic heterocycles. The molecule has 24 heavy (non-hydrogen) atoms. The summed E-state index contributed by atoms with van der Waals surface area (Å²) in [4.78, 5) is 13.9. The van der Waals surface area contributed by atoms with Gasteiger partial charge in [0.05, 0.1) is 16.7 Å². The summed E-state index contributed by atoms with van der Waals surface area (Å²) in [6, 6.07) is 3.33. The van der Waals surface area contributed by atoms with E-state index in [2.05, 4.69) is 4.72 Å². The van der Waals surface area contributed by atoms with Crippen LogP contribution < -0.4 is 9.62 Å². The number of hydrogen-bond donors (Lipinski definition) is 2. The highest BCUT2D eigenvalue weighted by Crippen LogP contribution is 2.38. The van der Waals surface area contributed by atoms with Gasteiger partial charge in [-0.05, 0) is 54.5 Å². The molecule has 2 aliphatic heterocycles. The van der Waals surface area contributed by atoms with Gasteiger partial charge >= 0.3 is 0 Å². The van der Waals surface area contributed by atoms with E-state index < -0.39 is 16.1 Å². The molecule has 0 radical (unpaired) electrons. The van der Waals surface area contributed by atoms with Crippen LogP contribution in [0.15, 0.2) is 17.0 Å². The Labute approximate surface area is 146 Å². The van der Waals surface area contributed by atoms with Crippen LogP contribution >= 0.6 is 11.8 Å². The molecule has 1 unspecified atom stereocenters. The topological polar surface area (TPSA) is 86.7 Å². The zero-order valence-corrected chi connectivity index (χ0v) is 15.3. The van der Waals surface area contributed by atoms with Gasteiger partial charge in [0.1, 0.15) is 0 Å². The smallest absolute Gasteiger partial charge is 0.240 e. The van der Waals surface area contributed by atoms with Gasteiger partial charge < -0.3 is 10.0 Å². The summed E-state index contributed by atoms with van der Waals surface area (Å²) in [6.45, 7) is 0.644. The number of nitrogens with one attached hydrogen (secondary N) is 1. The lowest BCUT2D eigenvalue weighted by Crippen LogP contribution is -2.34. The third-order valence-electron chi connectivity index (χ3n) is 4.50. The van der Waals surface area contributed by atoms with E-state index in [-0.39, 0.29) is 17.3 Å². The molecule has 0 spiro atoms. The summed E-state index contributed by atoms with van der Waals surface area (Å²) >= 11 is 1.62. The summed E-state index contributed by atoms with van der Waals surface area (Å²) in [5.74, 6) is 0.905. The summed E-state index contributed by atoms with van der Waals surface area (Å²) in [5, 5.41) is 9.83. The molecule has 2 N–H and O–H groups in total. The van der Waals surface area contributed by atoms with Gasteiger partial charge in [0.25, 0.3) is 0 Å². The second kappa shape index (κ2) is 7.03. The Morgan fingerprint density at radius 3 is 2.71 bits per heavy atom. The minimum atomic E-state index is -3.66. The van der Waals surface area contributed by atoms with Crippen LogP contribution in [0, 0.1) is 0 Å². The minimum Gasteiger partial charge on any atom is -0.392 e. The summed E-state index contributed by atoms with van der Waals surface area (Å²) < 4.78 is 27.6. The van der Waals surface area contributed by atoms with Gasteiger partial charge in [-0.1, -0.05) is 0 Å². The number of nitrogens with zero attached hydrogens (tertiary/aromatic N) is 1. The number of aryl methyl sites for hydroxylation is 1. The fourth-order valence-electron chi connectivity index (χ4n) is 3.23. The number of carbonyl (C=O) groups excluding carboxylic acids is 1. The van der Waals surface area contributed by atoms with Crippen molar-refractivity contribution < 1.29 is 18.3 Å². The number of rotatable bonds is 7. The van der Waals surface area contributed by atoms with Crippen molar-refractivity contribution in [3.05, 3.63) is 23.3 Å². The molecule has 3 rings (SSSR count). The molecule has 8 heteroatoms. The quantitative estimate of drug-likeness (QED) is 0.745. The third-order valence-corrected chi connectivity index (χ3v) is 6.55. The molecule has 1 aromatic rings. The standard InChI is InChI=1S/C16H22N2O4S2/c1-23-7-5-13(19)10-17-24(21,22)14-8-11-2-3-15(20)18-6-4-12(9-14)16(11)18/h8-9,13,17,19H,2-7,10H2,1H3. The Bertz CT molecular complexity index is 749. The van der Waals surface area contributed by atoms with Gasteiger partial charge in [0.15, 0.2) is 0 Å². The maximum absolute atomic E-state index is 12.5. The maximum Gasteiger partial charge on any atom is 0.240 e. The normalized spacial score (nSPS) is 17.9. The average molecular weight is 370 g/mol. The van der Waals surface area contributed by atoms with E-state index in [4.69, 9.17) is 0 Å². The van der Waals surface area contributed by atoms with Gasteiger partial charge in [-0.3, -0.25) is 4.79 Å². The zero-order chi connectivity index (χ0) is 17.3. The van der Waals surface area contributed by atoms with Gasteiger partial charge in [-0.2, -0.15) is 11.8 Å². The van der Waals surface area contributed by atoms with Crippen LogP contribution in [0.25, 0.3) is 0 Å². The lowest BCUT2D eigenvalue weighted by atomic mass is 10.00. The SMILES string of the molecule is CSCCC(O)CNS(=O)(=O)c1cc2c3c(c1)CCN3C(=O)CC2. The van der Waals surface area contributed by atoms with E-state index in [0.717, 1.165) is 22.6 Å². The molecular formula is C16H22N2O4S2. The fraction of sp³-hybridized carbons (Fsp3) is 0.562. The highest BCUT2D eigenvalue weighted by atomic mass is 32.2. The van der Waals surface area contributed by atoms with Crippen molar-refractivity contribution in [1.82, 2.24) is 4.72 Å². The Kier molecular flexibility index (Phi) is 5.19. The first-order valence-electron chi connectivity index (χ1n) is 8.05. The second-order valence-electron chi connectivity index (χ2n) is 6.17. The van der Waals surface area contributed by atoms with Crippen molar-refractivity contribution in [1.29, 1.82) is 0 Å². The van der Waals surface area contributed by atoms with Crippen molar-refractivity contribution in [3.8, 4) is 0 Å². The number of amides is 1. The molecule has 0 bridgehead atoms. The maximum atomic E-state index is 12.5. The lowest BCUT2D eigenvalue weighted by molar-refractivity contribution is -0.118. The first-order chi connectivity index (χ1) is 11.4. The number of hydrogen-bond acceptors (Lipinski definition) is 5. The van der Waals surface area contributed by atoms with Crippen molar-refractivity contribution >= 4 is 33.4 Å². The van der Waals surface area contributed by atoms with Crippen LogP contribution in [0.5, 0.6) is 0 Å². The Balaban J connectivity index is 1.79. The minimum absolute atomic E-state index is 0.0138. The van der Waals surface area contributed by atoms with Crippen molar-refractivity contribution in [3.63, 3.8) is 0 Å². The summed E-state index contributed by atoms with van der Waals surface area (Å²) in [5.41, 5.74) is 2.75. The van der Waals surface area contributed by atoms with E-state index in [9.17, 15) is 18.3 Å². The Morgan fingerprint density at radius 2 is 2.00 bits per heavy atom. The molecule has 0 aliphatic carbocycles. The summed E-state index contributed by atoms with van der Waals surface area (Å²) in [7, 11) is -3.66. The van der Waals surface area contributed by atoms with Crippen LogP contribution in [0.3, 0.4) is 0 Å². The fourth-order valence-corrected chi connectivity index (χ4v) is 4.91. The van der Waals surface area contributed by atoms with E-state index >= 15 is 0 Å². The number of benzene rings is 1. The first-order valence-corrected chi connectivity index (χ1v) is 10.9. The van der Waals surface area contributed by atoms with Gasteiger partial charge in [-0.15, -0.1) is 0 Å². The first kappa shape index (κ1) is 17.7. The number of sulfonamides is 1. The van der Waals surface area contributed by atoms with Crippen LogP contribution in [0.1, 0.15) is 24.0 Å². The van der Waals surface area contributed by atoms with Crippen molar-refractivity contribution in [2.24, 2.45) is 0 Å². The molecule has 132 valence electrons. The van der Waals surface area contributed by atoms with Gasteiger partial charge in [0, 0.05) is 19.5 Å². The second-order valence-corrected chi connectivity index (χ2v) is 8.93. The van der Waals surface area contributed by atoms with Gasteiger partial charge in [0.2, 0.25) is 15.9 Å². The molecular weight excluding hydrogens is 348 g/mol. The number of carbonyl (C=O) groups is 1. The monoisotopic (exact) mass is 370 g/mol.